The Morgan fingerprint density at radius 3 is 2.76 bits per heavy atom. The lowest BCUT2D eigenvalue weighted by molar-refractivity contribution is -0.132. The highest BCUT2D eigenvalue weighted by atomic mass is 16.5. The van der Waals surface area contributed by atoms with E-state index in [9.17, 15) is 4.79 Å². The van der Waals surface area contributed by atoms with E-state index in [1.807, 2.05) is 4.90 Å². The molecule has 1 aromatic rings. The van der Waals surface area contributed by atoms with Gasteiger partial charge in [0.05, 0.1) is 11.9 Å². The molecule has 1 aliphatic rings. The molecule has 1 aromatic heterocycles. The van der Waals surface area contributed by atoms with Crippen molar-refractivity contribution in [2.75, 3.05) is 19.7 Å². The fourth-order valence-electron chi connectivity index (χ4n) is 1.82. The molecule has 92 valence electrons. The Morgan fingerprint density at radius 1 is 1.41 bits per heavy atom. The van der Waals surface area contributed by atoms with Crippen molar-refractivity contribution in [1.29, 1.82) is 0 Å². The zero-order valence-electron chi connectivity index (χ0n) is 9.76. The molecule has 0 radical (unpaired) electrons. The van der Waals surface area contributed by atoms with Crippen molar-refractivity contribution in [3.8, 4) is 5.75 Å². The molecular formula is C12H17N3O2. The third-order valence-electron chi connectivity index (χ3n) is 2.83. The molecule has 1 saturated heterocycles. The molecule has 1 fully saturated rings. The normalized spacial score (nSPS) is 15.0. The minimum atomic E-state index is 0.0467. The number of hydrogen-bond acceptors (Lipinski definition) is 4. The highest BCUT2D eigenvalue weighted by Gasteiger charge is 2.17. The second kappa shape index (κ2) is 5.63. The monoisotopic (exact) mass is 235 g/mol. The van der Waals surface area contributed by atoms with Crippen molar-refractivity contribution in [3.63, 3.8) is 0 Å². The molecule has 2 rings (SSSR count). The average Bonchev–Trinajstić information content (AvgIpc) is 2.90. The first-order chi connectivity index (χ1) is 8.29. The Kier molecular flexibility index (Phi) is 3.93. The number of carbonyl (C=O) groups is 1. The highest BCUT2D eigenvalue weighted by molar-refractivity contribution is 5.77. The van der Waals surface area contributed by atoms with Gasteiger partial charge in [0.2, 0.25) is 0 Å². The molecule has 2 N–H and O–H groups in total. The van der Waals surface area contributed by atoms with Crippen LogP contribution in [0.3, 0.4) is 0 Å². The van der Waals surface area contributed by atoms with Crippen molar-refractivity contribution < 1.29 is 9.53 Å². The zero-order chi connectivity index (χ0) is 12.1. The van der Waals surface area contributed by atoms with E-state index < -0.39 is 0 Å². The lowest BCUT2D eigenvalue weighted by Gasteiger charge is -2.15. The highest BCUT2D eigenvalue weighted by Crippen LogP contribution is 2.11. The number of nitrogens with two attached hydrogens (primary N) is 1. The topological polar surface area (TPSA) is 68.5 Å². The summed E-state index contributed by atoms with van der Waals surface area (Å²) < 4.78 is 5.39. The number of rotatable bonds is 4. The summed E-state index contributed by atoms with van der Waals surface area (Å²) in [5.74, 6) is 0.653. The molecule has 2 heterocycles. The van der Waals surface area contributed by atoms with Gasteiger partial charge in [-0.15, -0.1) is 0 Å². The summed E-state index contributed by atoms with van der Waals surface area (Å²) in [4.78, 5) is 17.6. The van der Waals surface area contributed by atoms with E-state index in [1.165, 1.54) is 0 Å². The lowest BCUT2D eigenvalue weighted by atomic mass is 10.3. The van der Waals surface area contributed by atoms with Crippen LogP contribution in [0.1, 0.15) is 18.5 Å². The van der Waals surface area contributed by atoms with E-state index in [4.69, 9.17) is 10.5 Å². The van der Waals surface area contributed by atoms with Crippen LogP contribution in [0.5, 0.6) is 5.75 Å². The number of hydrogen-bond donors (Lipinski definition) is 1. The van der Waals surface area contributed by atoms with Crippen LogP contribution in [0.15, 0.2) is 18.3 Å². The van der Waals surface area contributed by atoms with Gasteiger partial charge < -0.3 is 15.4 Å². The van der Waals surface area contributed by atoms with Gasteiger partial charge >= 0.3 is 0 Å². The predicted molar refractivity (Wildman–Crippen MR) is 63.4 cm³/mol. The molecule has 0 saturated carbocycles. The molecule has 0 bridgehead atoms. The van der Waals surface area contributed by atoms with E-state index in [0.717, 1.165) is 31.6 Å². The van der Waals surface area contributed by atoms with Crippen LogP contribution in [0.2, 0.25) is 0 Å². The summed E-state index contributed by atoms with van der Waals surface area (Å²) in [5, 5.41) is 0. The lowest BCUT2D eigenvalue weighted by Crippen LogP contribution is -2.32. The van der Waals surface area contributed by atoms with Crippen molar-refractivity contribution in [1.82, 2.24) is 9.88 Å². The first-order valence-corrected chi connectivity index (χ1v) is 5.85. The summed E-state index contributed by atoms with van der Waals surface area (Å²) in [7, 11) is 0. The molecule has 0 atom stereocenters. The fourth-order valence-corrected chi connectivity index (χ4v) is 1.82. The van der Waals surface area contributed by atoms with Gasteiger partial charge in [-0.2, -0.15) is 0 Å². The van der Waals surface area contributed by atoms with Crippen LogP contribution in [0, 0.1) is 0 Å². The smallest absolute Gasteiger partial charge is 0.260 e. The molecule has 0 spiro atoms. The molecule has 17 heavy (non-hydrogen) atoms. The predicted octanol–water partition coefficient (Wildman–Crippen LogP) is 0.541. The van der Waals surface area contributed by atoms with E-state index in [0.29, 0.717) is 12.3 Å². The summed E-state index contributed by atoms with van der Waals surface area (Å²) in [6.07, 6.45) is 3.79. The van der Waals surface area contributed by atoms with Gasteiger partial charge in [0, 0.05) is 19.6 Å². The third kappa shape index (κ3) is 3.17. The van der Waals surface area contributed by atoms with Gasteiger partial charge in [-0.3, -0.25) is 9.78 Å². The molecule has 0 aliphatic carbocycles. The number of carbonyl (C=O) groups excluding carboxylic acids is 1. The fraction of sp³-hybridized carbons (Fsp3) is 0.500. The maximum Gasteiger partial charge on any atom is 0.260 e. The van der Waals surface area contributed by atoms with E-state index in [-0.39, 0.29) is 12.5 Å². The summed E-state index contributed by atoms with van der Waals surface area (Å²) in [6.45, 7) is 2.20. The number of pyridine rings is 1. The molecule has 1 amide bonds. The van der Waals surface area contributed by atoms with Gasteiger partial charge in [0.15, 0.2) is 6.61 Å². The van der Waals surface area contributed by atoms with Crippen LogP contribution >= 0.6 is 0 Å². The van der Waals surface area contributed by atoms with Gasteiger partial charge in [0.1, 0.15) is 5.75 Å². The van der Waals surface area contributed by atoms with Gasteiger partial charge in [-0.05, 0) is 25.0 Å². The molecule has 5 nitrogen and oxygen atoms in total. The van der Waals surface area contributed by atoms with E-state index >= 15 is 0 Å². The number of nitrogens with zero attached hydrogens (tertiary/aromatic N) is 2. The Hall–Kier alpha value is -1.62. The van der Waals surface area contributed by atoms with Gasteiger partial charge in [-0.1, -0.05) is 0 Å². The van der Waals surface area contributed by atoms with Crippen molar-refractivity contribution >= 4 is 5.91 Å². The Balaban J connectivity index is 1.82. The standard InChI is InChI=1S/C12H17N3O2/c13-7-10-3-4-11(8-14-10)17-9-12(16)15-5-1-2-6-15/h3-4,8H,1-2,5-7,9,13H2. The minimum Gasteiger partial charge on any atom is -0.482 e. The van der Waals surface area contributed by atoms with Crippen LogP contribution < -0.4 is 10.5 Å². The molecule has 0 aromatic carbocycles. The average molecular weight is 235 g/mol. The third-order valence-corrected chi connectivity index (χ3v) is 2.83. The summed E-state index contributed by atoms with van der Waals surface area (Å²) in [5.41, 5.74) is 6.25. The Bertz CT molecular complexity index is 372. The number of aromatic nitrogens is 1. The van der Waals surface area contributed by atoms with Crippen LogP contribution in [-0.2, 0) is 11.3 Å². The van der Waals surface area contributed by atoms with Crippen LogP contribution in [-0.4, -0.2) is 35.5 Å². The summed E-state index contributed by atoms with van der Waals surface area (Å²) >= 11 is 0. The molecule has 1 aliphatic heterocycles. The number of ether oxygens (including phenoxy) is 1. The Morgan fingerprint density at radius 2 is 2.18 bits per heavy atom. The van der Waals surface area contributed by atoms with Crippen molar-refractivity contribution in [2.45, 2.75) is 19.4 Å². The van der Waals surface area contributed by atoms with Crippen molar-refractivity contribution in [2.24, 2.45) is 5.73 Å². The molecule has 0 unspecified atom stereocenters. The zero-order valence-corrected chi connectivity index (χ0v) is 9.76. The van der Waals surface area contributed by atoms with E-state index in [1.54, 1.807) is 18.3 Å². The molecular weight excluding hydrogens is 218 g/mol. The minimum absolute atomic E-state index is 0.0467. The first kappa shape index (κ1) is 11.9. The van der Waals surface area contributed by atoms with Crippen LogP contribution in [0.25, 0.3) is 0 Å². The van der Waals surface area contributed by atoms with Crippen LogP contribution in [0.4, 0.5) is 0 Å². The number of amides is 1. The van der Waals surface area contributed by atoms with Gasteiger partial charge in [0.25, 0.3) is 5.91 Å². The second-order valence-corrected chi connectivity index (χ2v) is 4.07. The first-order valence-electron chi connectivity index (χ1n) is 5.85. The largest absolute Gasteiger partial charge is 0.482 e. The quantitative estimate of drug-likeness (QED) is 0.827. The van der Waals surface area contributed by atoms with Gasteiger partial charge in [-0.25, -0.2) is 0 Å². The molecule has 5 heteroatoms. The summed E-state index contributed by atoms with van der Waals surface area (Å²) in [6, 6.07) is 3.59. The van der Waals surface area contributed by atoms with Crippen molar-refractivity contribution in [3.05, 3.63) is 24.0 Å². The SMILES string of the molecule is NCc1ccc(OCC(=O)N2CCCC2)cn1. The Labute approximate surface area is 101 Å². The maximum absolute atomic E-state index is 11.7. The van der Waals surface area contributed by atoms with E-state index in [2.05, 4.69) is 4.98 Å². The maximum atomic E-state index is 11.7. The number of likely N-dealkylation sites (tertiary alicyclic amines) is 1. The second-order valence-electron chi connectivity index (χ2n) is 4.07.